The lowest BCUT2D eigenvalue weighted by Crippen LogP contribution is -2.29. The zero-order chi connectivity index (χ0) is 15.8. The molecule has 0 aliphatic carbocycles. The van der Waals surface area contributed by atoms with E-state index in [1.54, 1.807) is 0 Å². The first-order valence-electron chi connectivity index (χ1n) is 8.35. The van der Waals surface area contributed by atoms with E-state index in [2.05, 4.69) is 54.1 Å². The molecule has 1 N–H and O–H groups in total. The molecule has 0 radical (unpaired) electrons. The molecule has 3 aromatic rings. The van der Waals surface area contributed by atoms with Crippen molar-refractivity contribution in [2.24, 2.45) is 0 Å². The van der Waals surface area contributed by atoms with Crippen molar-refractivity contribution in [3.63, 3.8) is 0 Å². The number of aryl methyl sites for hydroxylation is 2. The first-order chi connectivity index (χ1) is 11.2. The SMILES string of the molecule is Cc1cccc(-c2nc3cc(C)cnc3n2C2CCNCC2)c1. The number of pyridine rings is 1. The van der Waals surface area contributed by atoms with E-state index in [-0.39, 0.29) is 0 Å². The summed E-state index contributed by atoms with van der Waals surface area (Å²) in [6.45, 7) is 6.32. The molecule has 1 aliphatic heterocycles. The maximum Gasteiger partial charge on any atom is 0.160 e. The van der Waals surface area contributed by atoms with Crippen molar-refractivity contribution < 1.29 is 0 Å². The van der Waals surface area contributed by atoms with Crippen LogP contribution in [0.3, 0.4) is 0 Å². The highest BCUT2D eigenvalue weighted by atomic mass is 15.2. The van der Waals surface area contributed by atoms with Gasteiger partial charge in [-0.3, -0.25) is 0 Å². The summed E-state index contributed by atoms with van der Waals surface area (Å²) in [7, 11) is 0. The maximum absolute atomic E-state index is 4.94. The molecule has 0 bridgehead atoms. The van der Waals surface area contributed by atoms with Gasteiger partial charge in [-0.1, -0.05) is 23.8 Å². The van der Waals surface area contributed by atoms with Gasteiger partial charge in [-0.25, -0.2) is 9.97 Å². The molecule has 23 heavy (non-hydrogen) atoms. The third kappa shape index (κ3) is 2.63. The molecular weight excluding hydrogens is 284 g/mol. The molecule has 2 aromatic heterocycles. The molecule has 1 aromatic carbocycles. The van der Waals surface area contributed by atoms with Crippen molar-refractivity contribution in [3.8, 4) is 11.4 Å². The van der Waals surface area contributed by atoms with Crippen LogP contribution in [-0.2, 0) is 0 Å². The number of imidazole rings is 1. The second-order valence-corrected chi connectivity index (χ2v) is 6.51. The number of rotatable bonds is 2. The number of nitrogens with one attached hydrogen (secondary N) is 1. The summed E-state index contributed by atoms with van der Waals surface area (Å²) in [5.74, 6) is 1.05. The number of piperidine rings is 1. The first kappa shape index (κ1) is 14.4. The average Bonchev–Trinajstić information content (AvgIpc) is 2.94. The molecule has 1 fully saturated rings. The molecule has 0 saturated carbocycles. The minimum Gasteiger partial charge on any atom is -0.317 e. The Kier molecular flexibility index (Phi) is 3.62. The van der Waals surface area contributed by atoms with Crippen molar-refractivity contribution in [1.29, 1.82) is 0 Å². The van der Waals surface area contributed by atoms with Crippen molar-refractivity contribution in [1.82, 2.24) is 19.9 Å². The van der Waals surface area contributed by atoms with E-state index < -0.39 is 0 Å². The van der Waals surface area contributed by atoms with Gasteiger partial charge in [0.25, 0.3) is 0 Å². The van der Waals surface area contributed by atoms with Gasteiger partial charge in [0, 0.05) is 17.8 Å². The summed E-state index contributed by atoms with van der Waals surface area (Å²) >= 11 is 0. The van der Waals surface area contributed by atoms with Gasteiger partial charge < -0.3 is 9.88 Å². The van der Waals surface area contributed by atoms with Crippen LogP contribution in [0.4, 0.5) is 0 Å². The minimum atomic E-state index is 0.465. The lowest BCUT2D eigenvalue weighted by molar-refractivity contribution is 0.376. The van der Waals surface area contributed by atoms with E-state index in [0.717, 1.165) is 48.5 Å². The minimum absolute atomic E-state index is 0.465. The van der Waals surface area contributed by atoms with E-state index >= 15 is 0 Å². The van der Waals surface area contributed by atoms with Crippen LogP contribution in [0.1, 0.15) is 30.0 Å². The molecule has 1 aliphatic rings. The van der Waals surface area contributed by atoms with E-state index in [1.165, 1.54) is 11.1 Å². The van der Waals surface area contributed by atoms with Gasteiger partial charge >= 0.3 is 0 Å². The van der Waals surface area contributed by atoms with E-state index in [0.29, 0.717) is 6.04 Å². The van der Waals surface area contributed by atoms with E-state index in [9.17, 15) is 0 Å². The fraction of sp³-hybridized carbons (Fsp3) is 0.368. The summed E-state index contributed by atoms with van der Waals surface area (Å²) in [4.78, 5) is 9.64. The van der Waals surface area contributed by atoms with Gasteiger partial charge in [0.05, 0.1) is 0 Å². The second kappa shape index (κ2) is 5.78. The summed E-state index contributed by atoms with van der Waals surface area (Å²) in [6, 6.07) is 11.2. The number of hydrogen-bond acceptors (Lipinski definition) is 3. The van der Waals surface area contributed by atoms with Crippen LogP contribution in [0.15, 0.2) is 36.5 Å². The number of benzene rings is 1. The van der Waals surface area contributed by atoms with Crippen molar-refractivity contribution in [2.75, 3.05) is 13.1 Å². The van der Waals surface area contributed by atoms with Gasteiger partial charge in [0.1, 0.15) is 11.3 Å². The Hall–Kier alpha value is -2.20. The highest BCUT2D eigenvalue weighted by molar-refractivity contribution is 5.78. The van der Waals surface area contributed by atoms with Gasteiger partial charge in [-0.05, 0) is 57.5 Å². The smallest absolute Gasteiger partial charge is 0.160 e. The van der Waals surface area contributed by atoms with Crippen molar-refractivity contribution in [3.05, 3.63) is 47.7 Å². The molecular formula is C19H22N4. The van der Waals surface area contributed by atoms with Gasteiger partial charge in [-0.15, -0.1) is 0 Å². The second-order valence-electron chi connectivity index (χ2n) is 6.51. The molecule has 0 amide bonds. The zero-order valence-electron chi connectivity index (χ0n) is 13.7. The van der Waals surface area contributed by atoms with Crippen molar-refractivity contribution in [2.45, 2.75) is 32.7 Å². The van der Waals surface area contributed by atoms with Crippen molar-refractivity contribution >= 4 is 11.2 Å². The van der Waals surface area contributed by atoms with Gasteiger partial charge in [0.2, 0.25) is 0 Å². The highest BCUT2D eigenvalue weighted by Crippen LogP contribution is 2.31. The first-order valence-corrected chi connectivity index (χ1v) is 8.35. The van der Waals surface area contributed by atoms with Crippen LogP contribution >= 0.6 is 0 Å². The molecule has 4 rings (SSSR count). The molecule has 0 atom stereocenters. The summed E-state index contributed by atoms with van der Waals surface area (Å²) in [5.41, 5.74) is 5.61. The lowest BCUT2D eigenvalue weighted by atomic mass is 10.1. The number of fused-ring (bicyclic) bond motifs is 1. The van der Waals surface area contributed by atoms with Crippen LogP contribution < -0.4 is 5.32 Å². The lowest BCUT2D eigenvalue weighted by Gasteiger charge is -2.26. The van der Waals surface area contributed by atoms with E-state index in [4.69, 9.17) is 9.97 Å². The molecule has 4 heteroatoms. The van der Waals surface area contributed by atoms with Gasteiger partial charge in [-0.2, -0.15) is 0 Å². The Balaban J connectivity index is 1.94. The third-order valence-electron chi connectivity index (χ3n) is 4.62. The highest BCUT2D eigenvalue weighted by Gasteiger charge is 2.22. The Labute approximate surface area is 136 Å². The molecule has 0 spiro atoms. The van der Waals surface area contributed by atoms with Crippen LogP contribution in [0.5, 0.6) is 0 Å². The molecule has 1 saturated heterocycles. The van der Waals surface area contributed by atoms with Crippen LogP contribution in [0, 0.1) is 13.8 Å². The fourth-order valence-electron chi connectivity index (χ4n) is 3.48. The number of nitrogens with zero attached hydrogens (tertiary/aromatic N) is 3. The van der Waals surface area contributed by atoms with E-state index in [1.807, 2.05) is 6.20 Å². The van der Waals surface area contributed by atoms with Gasteiger partial charge in [0.15, 0.2) is 5.65 Å². The standard InChI is InChI=1S/C19H22N4/c1-13-4-3-5-15(10-13)18-22-17-11-14(2)12-21-19(17)23(18)16-6-8-20-9-7-16/h3-5,10-12,16,20H,6-9H2,1-2H3. The molecule has 3 heterocycles. The quantitative estimate of drug-likeness (QED) is 0.786. The largest absolute Gasteiger partial charge is 0.317 e. The Morgan fingerprint density at radius 3 is 2.70 bits per heavy atom. The summed E-state index contributed by atoms with van der Waals surface area (Å²) < 4.78 is 2.37. The zero-order valence-corrected chi connectivity index (χ0v) is 13.7. The monoisotopic (exact) mass is 306 g/mol. The van der Waals surface area contributed by atoms with Crippen LogP contribution in [0.25, 0.3) is 22.6 Å². The van der Waals surface area contributed by atoms with Crippen LogP contribution in [-0.4, -0.2) is 27.6 Å². The predicted octanol–water partition coefficient (Wildman–Crippen LogP) is 3.64. The molecule has 118 valence electrons. The number of aromatic nitrogens is 3. The topological polar surface area (TPSA) is 42.7 Å². The summed E-state index contributed by atoms with van der Waals surface area (Å²) in [5, 5.41) is 3.45. The molecule has 4 nitrogen and oxygen atoms in total. The fourth-order valence-corrected chi connectivity index (χ4v) is 3.48. The summed E-state index contributed by atoms with van der Waals surface area (Å²) in [6.07, 6.45) is 4.20. The maximum atomic E-state index is 4.94. The molecule has 0 unspecified atom stereocenters. The predicted molar refractivity (Wildman–Crippen MR) is 93.6 cm³/mol. The number of hydrogen-bond donors (Lipinski definition) is 1. The Morgan fingerprint density at radius 1 is 1.09 bits per heavy atom. The Morgan fingerprint density at radius 2 is 1.91 bits per heavy atom. The Bertz CT molecular complexity index is 844. The normalized spacial score (nSPS) is 16.1. The average molecular weight is 306 g/mol. The van der Waals surface area contributed by atoms with Crippen LogP contribution in [0.2, 0.25) is 0 Å². The third-order valence-corrected chi connectivity index (χ3v) is 4.62.